The maximum Gasteiger partial charge on any atom is 0.328 e. The van der Waals surface area contributed by atoms with Gasteiger partial charge in [0, 0.05) is 0 Å². The Morgan fingerprint density at radius 2 is 2.10 bits per heavy atom. The van der Waals surface area contributed by atoms with Crippen molar-refractivity contribution >= 4 is 12.0 Å². The maximum absolute atomic E-state index is 11.5. The van der Waals surface area contributed by atoms with Gasteiger partial charge in [-0.25, -0.2) is 9.59 Å². The smallest absolute Gasteiger partial charge is 0.328 e. The highest BCUT2D eigenvalue weighted by molar-refractivity contribution is 5.82. The molecule has 2 atom stereocenters. The Morgan fingerprint density at radius 1 is 1.38 bits per heavy atom. The summed E-state index contributed by atoms with van der Waals surface area (Å²) < 4.78 is 5.43. The van der Waals surface area contributed by atoms with Crippen LogP contribution in [-0.2, 0) is 4.79 Å². The Kier molecular flexibility index (Phi) is 6.48. The van der Waals surface area contributed by atoms with E-state index >= 15 is 0 Å². The lowest BCUT2D eigenvalue weighted by molar-refractivity contribution is -0.141. The molecule has 4 N–H and O–H groups in total. The fourth-order valence-corrected chi connectivity index (χ4v) is 1.62. The molecule has 1 aromatic carbocycles. The number of carboxylic acids is 1. The lowest BCUT2D eigenvalue weighted by Gasteiger charge is -2.17. The van der Waals surface area contributed by atoms with Crippen molar-refractivity contribution in [1.82, 2.24) is 10.6 Å². The summed E-state index contributed by atoms with van der Waals surface area (Å²) in [6.45, 7) is 3.70. The zero-order valence-electron chi connectivity index (χ0n) is 12.0. The van der Waals surface area contributed by atoms with Gasteiger partial charge >= 0.3 is 12.0 Å². The number of rotatable bonds is 7. The molecule has 116 valence electrons. The van der Waals surface area contributed by atoms with Crippen molar-refractivity contribution < 1.29 is 24.5 Å². The molecule has 21 heavy (non-hydrogen) atoms. The number of ether oxygens (including phenoxy) is 1. The molecule has 0 aliphatic heterocycles. The Labute approximate surface area is 122 Å². The molecule has 0 heterocycles. The monoisotopic (exact) mass is 296 g/mol. The molecule has 1 aromatic rings. The summed E-state index contributed by atoms with van der Waals surface area (Å²) in [4.78, 5) is 22.3. The van der Waals surface area contributed by atoms with Crippen LogP contribution in [0.1, 0.15) is 12.5 Å². The molecule has 0 aliphatic carbocycles. The Balaban J connectivity index is 2.29. The summed E-state index contributed by atoms with van der Waals surface area (Å²) in [7, 11) is 0. The number of aryl methyl sites for hydroxylation is 1. The fraction of sp³-hybridized carbons (Fsp3) is 0.429. The summed E-state index contributed by atoms with van der Waals surface area (Å²) in [5.41, 5.74) is 1.07. The first kappa shape index (κ1) is 16.8. The molecule has 0 aliphatic rings. The van der Waals surface area contributed by atoms with Crippen LogP contribution in [0, 0.1) is 6.92 Å². The molecule has 0 aromatic heterocycles. The first-order chi connectivity index (χ1) is 9.90. The molecule has 2 amide bonds. The van der Waals surface area contributed by atoms with E-state index < -0.39 is 24.1 Å². The fourth-order valence-electron chi connectivity index (χ4n) is 1.62. The van der Waals surface area contributed by atoms with Crippen LogP contribution < -0.4 is 15.4 Å². The van der Waals surface area contributed by atoms with Gasteiger partial charge < -0.3 is 25.6 Å². The molecular formula is C14H20N2O5. The van der Waals surface area contributed by atoms with Crippen LogP contribution in [0.5, 0.6) is 5.75 Å². The zero-order valence-corrected chi connectivity index (χ0v) is 12.0. The number of aliphatic hydroxyl groups excluding tert-OH is 1. The summed E-state index contributed by atoms with van der Waals surface area (Å²) in [5, 5.41) is 22.7. The number of benzene rings is 1. The van der Waals surface area contributed by atoms with Crippen LogP contribution in [0.2, 0.25) is 0 Å². The molecule has 0 saturated heterocycles. The van der Waals surface area contributed by atoms with Crippen LogP contribution >= 0.6 is 0 Å². The highest BCUT2D eigenvalue weighted by Crippen LogP contribution is 2.11. The predicted molar refractivity (Wildman–Crippen MR) is 76.3 cm³/mol. The summed E-state index contributed by atoms with van der Waals surface area (Å²) in [6, 6.07) is 5.47. The normalized spacial score (nSPS) is 13.1. The first-order valence-electron chi connectivity index (χ1n) is 6.55. The van der Waals surface area contributed by atoms with Gasteiger partial charge in [-0.15, -0.1) is 0 Å². The predicted octanol–water partition coefficient (Wildman–Crippen LogP) is 0.507. The summed E-state index contributed by atoms with van der Waals surface area (Å²) in [6.07, 6.45) is -1.18. The number of carboxylic acid groups (broad SMARTS) is 1. The van der Waals surface area contributed by atoms with E-state index in [2.05, 4.69) is 10.6 Å². The molecule has 0 radical (unpaired) electrons. The minimum Gasteiger partial charge on any atom is -0.492 e. The van der Waals surface area contributed by atoms with E-state index in [0.717, 1.165) is 5.56 Å². The highest BCUT2D eigenvalue weighted by atomic mass is 16.5. The van der Waals surface area contributed by atoms with Crippen LogP contribution in [-0.4, -0.2) is 47.5 Å². The van der Waals surface area contributed by atoms with E-state index in [1.807, 2.05) is 25.1 Å². The van der Waals surface area contributed by atoms with Crippen LogP contribution in [0.25, 0.3) is 0 Å². The maximum atomic E-state index is 11.5. The van der Waals surface area contributed by atoms with E-state index in [1.54, 1.807) is 6.07 Å². The first-order valence-corrected chi connectivity index (χ1v) is 6.55. The third-order valence-electron chi connectivity index (χ3n) is 2.68. The van der Waals surface area contributed by atoms with Crippen LogP contribution in [0.4, 0.5) is 4.79 Å². The number of amides is 2. The molecule has 0 spiro atoms. The summed E-state index contributed by atoms with van der Waals surface area (Å²) >= 11 is 0. The largest absolute Gasteiger partial charge is 0.492 e. The van der Waals surface area contributed by atoms with Crippen molar-refractivity contribution in [2.24, 2.45) is 0 Å². The van der Waals surface area contributed by atoms with Crippen LogP contribution in [0.3, 0.4) is 0 Å². The van der Waals surface area contributed by atoms with Gasteiger partial charge in [0.25, 0.3) is 0 Å². The third kappa shape index (κ3) is 6.13. The number of hydrogen-bond donors (Lipinski definition) is 4. The van der Waals surface area contributed by atoms with E-state index in [4.69, 9.17) is 9.84 Å². The second-order valence-corrected chi connectivity index (χ2v) is 4.62. The Bertz CT molecular complexity index is 490. The quantitative estimate of drug-likeness (QED) is 0.548. The molecule has 0 bridgehead atoms. The van der Waals surface area contributed by atoms with Gasteiger partial charge in [0.05, 0.1) is 12.6 Å². The average Bonchev–Trinajstić information content (AvgIpc) is 2.40. The van der Waals surface area contributed by atoms with Gasteiger partial charge in [-0.05, 0) is 31.5 Å². The van der Waals surface area contributed by atoms with Gasteiger partial charge in [0.2, 0.25) is 0 Å². The number of nitrogens with one attached hydrogen (secondary N) is 2. The Morgan fingerprint density at radius 3 is 2.67 bits per heavy atom. The van der Waals surface area contributed by atoms with Crippen molar-refractivity contribution in [3.8, 4) is 5.75 Å². The molecule has 7 nitrogen and oxygen atoms in total. The second-order valence-electron chi connectivity index (χ2n) is 4.62. The van der Waals surface area contributed by atoms with E-state index in [-0.39, 0.29) is 13.2 Å². The second kappa shape index (κ2) is 8.11. The molecule has 7 heteroatoms. The van der Waals surface area contributed by atoms with Crippen molar-refractivity contribution in [2.45, 2.75) is 26.0 Å². The number of aliphatic carboxylic acids is 1. The molecule has 0 fully saturated rings. The van der Waals surface area contributed by atoms with Gasteiger partial charge in [0.1, 0.15) is 12.4 Å². The number of aliphatic hydroxyl groups is 1. The lowest BCUT2D eigenvalue weighted by Crippen LogP contribution is -2.51. The van der Waals surface area contributed by atoms with E-state index in [0.29, 0.717) is 5.75 Å². The SMILES string of the molecule is Cc1cccc(OCCNC(=O)N[C@H](C(=O)O)[C@@H](C)O)c1. The minimum absolute atomic E-state index is 0.214. The summed E-state index contributed by atoms with van der Waals surface area (Å²) in [5.74, 6) is -0.597. The van der Waals surface area contributed by atoms with Crippen LogP contribution in [0.15, 0.2) is 24.3 Å². The third-order valence-corrected chi connectivity index (χ3v) is 2.68. The number of carbonyl (C=O) groups excluding carboxylic acids is 1. The number of urea groups is 1. The molecule has 0 unspecified atom stereocenters. The van der Waals surface area contributed by atoms with E-state index in [9.17, 15) is 14.7 Å². The molecular weight excluding hydrogens is 276 g/mol. The van der Waals surface area contributed by atoms with Gasteiger partial charge in [-0.2, -0.15) is 0 Å². The topological polar surface area (TPSA) is 108 Å². The van der Waals surface area contributed by atoms with Crippen molar-refractivity contribution in [1.29, 1.82) is 0 Å². The Hall–Kier alpha value is -2.28. The van der Waals surface area contributed by atoms with Gasteiger partial charge in [-0.1, -0.05) is 12.1 Å². The number of carbonyl (C=O) groups is 2. The molecule has 0 saturated carbocycles. The lowest BCUT2D eigenvalue weighted by atomic mass is 10.2. The average molecular weight is 296 g/mol. The van der Waals surface area contributed by atoms with Crippen molar-refractivity contribution in [3.63, 3.8) is 0 Å². The van der Waals surface area contributed by atoms with Gasteiger partial charge in [-0.3, -0.25) is 0 Å². The standard InChI is InChI=1S/C14H20N2O5/c1-9-4-3-5-11(8-9)21-7-6-15-14(20)16-12(10(2)17)13(18)19/h3-5,8,10,12,17H,6-7H2,1-2H3,(H,18,19)(H2,15,16,20)/t10-,12+/m1/s1. The number of hydrogen-bond acceptors (Lipinski definition) is 4. The van der Waals surface area contributed by atoms with Gasteiger partial charge in [0.15, 0.2) is 6.04 Å². The highest BCUT2D eigenvalue weighted by Gasteiger charge is 2.24. The minimum atomic E-state index is -1.34. The molecule has 1 rings (SSSR count). The van der Waals surface area contributed by atoms with E-state index in [1.165, 1.54) is 6.92 Å². The van der Waals surface area contributed by atoms with Crippen molar-refractivity contribution in [2.75, 3.05) is 13.2 Å². The zero-order chi connectivity index (χ0) is 15.8. The van der Waals surface area contributed by atoms with Crippen molar-refractivity contribution in [3.05, 3.63) is 29.8 Å².